The maximum absolute atomic E-state index is 9.89. The second-order valence-corrected chi connectivity index (χ2v) is 6.30. The predicted molar refractivity (Wildman–Crippen MR) is 103 cm³/mol. The monoisotopic (exact) mass is 413 g/mol. The first-order valence-electron chi connectivity index (χ1n) is 8.68. The second-order valence-electron chi connectivity index (χ2n) is 5.94. The highest BCUT2D eigenvalue weighted by atomic mass is 35.5. The average molecular weight is 414 g/mol. The summed E-state index contributed by atoms with van der Waals surface area (Å²) in [7, 11) is 0. The van der Waals surface area contributed by atoms with Gasteiger partial charge >= 0.3 is 11.9 Å². The van der Waals surface area contributed by atoms with E-state index in [1.54, 1.807) is 24.5 Å². The number of likely N-dealkylation sites (tertiary alicyclic amines) is 1. The Morgan fingerprint density at radius 3 is 2.43 bits per heavy atom. The second kappa shape index (κ2) is 13.6. The number of aliphatic hydroxyl groups excluding tert-OH is 1. The number of nitrogens with zero attached hydrogens (tertiary/aromatic N) is 3. The quantitative estimate of drug-likeness (QED) is 0.332. The largest absolute Gasteiger partial charge is 0.478 e. The van der Waals surface area contributed by atoms with E-state index in [1.165, 1.54) is 19.3 Å². The first-order valence-corrected chi connectivity index (χ1v) is 9.06. The molecule has 0 saturated carbocycles. The number of rotatable bonds is 8. The number of piperidine rings is 1. The smallest absolute Gasteiger partial charge is 0.328 e. The van der Waals surface area contributed by atoms with Crippen molar-refractivity contribution < 1.29 is 29.7 Å². The Bertz CT molecular complexity index is 647. The summed E-state index contributed by atoms with van der Waals surface area (Å²) < 4.78 is 0. The van der Waals surface area contributed by atoms with Gasteiger partial charge in [0.25, 0.3) is 0 Å². The van der Waals surface area contributed by atoms with Gasteiger partial charge in [-0.05, 0) is 38.1 Å². The molecule has 2 heterocycles. The molecule has 1 atom stereocenters. The van der Waals surface area contributed by atoms with Crippen LogP contribution in [0.2, 0.25) is 0 Å². The molecule has 0 amide bonds. The van der Waals surface area contributed by atoms with Gasteiger partial charge in [-0.1, -0.05) is 23.2 Å². The molecule has 2 rings (SSSR count). The van der Waals surface area contributed by atoms with Crippen LogP contribution in [0.1, 0.15) is 24.8 Å². The van der Waals surface area contributed by atoms with Crippen molar-refractivity contribution in [1.82, 2.24) is 9.88 Å². The van der Waals surface area contributed by atoms with Crippen LogP contribution in [-0.2, 0) is 14.4 Å². The molecule has 0 bridgehead atoms. The molecule has 154 valence electrons. The molecule has 9 nitrogen and oxygen atoms in total. The van der Waals surface area contributed by atoms with Crippen molar-refractivity contribution >= 4 is 28.7 Å². The molecule has 3 N–H and O–H groups in total. The predicted octanol–water partition coefficient (Wildman–Crippen LogP) is 1.56. The van der Waals surface area contributed by atoms with Crippen LogP contribution in [0.3, 0.4) is 0 Å². The van der Waals surface area contributed by atoms with Crippen molar-refractivity contribution in [2.75, 3.05) is 26.2 Å². The minimum absolute atomic E-state index is 0.146. The lowest BCUT2D eigenvalue weighted by Crippen LogP contribution is -2.38. The lowest BCUT2D eigenvalue weighted by atomic mass is 10.1. The van der Waals surface area contributed by atoms with Gasteiger partial charge in [-0.3, -0.25) is 4.98 Å². The van der Waals surface area contributed by atoms with Crippen LogP contribution < -0.4 is 0 Å². The molecule has 1 aromatic rings. The number of aromatic nitrogens is 1. The van der Waals surface area contributed by atoms with Crippen molar-refractivity contribution in [2.24, 2.45) is 5.16 Å². The Balaban J connectivity index is 0.000000416. The van der Waals surface area contributed by atoms with Gasteiger partial charge in [-0.25, -0.2) is 9.59 Å². The summed E-state index contributed by atoms with van der Waals surface area (Å²) in [6.07, 6.45) is 7.54. The van der Waals surface area contributed by atoms with Gasteiger partial charge in [0, 0.05) is 36.7 Å². The molecule has 0 radical (unpaired) electrons. The number of carboxylic acid groups (broad SMARTS) is 2. The minimum atomic E-state index is -1.26. The number of oxime groups is 1. The summed E-state index contributed by atoms with van der Waals surface area (Å²) in [4.78, 5) is 30.4. The van der Waals surface area contributed by atoms with E-state index in [0.717, 1.165) is 13.1 Å². The fraction of sp³-hybridized carbons (Fsp3) is 0.444. The van der Waals surface area contributed by atoms with E-state index in [1.807, 2.05) is 0 Å². The maximum atomic E-state index is 9.89. The van der Waals surface area contributed by atoms with E-state index in [4.69, 9.17) is 26.7 Å². The van der Waals surface area contributed by atoms with Crippen LogP contribution in [0.15, 0.2) is 41.8 Å². The summed E-state index contributed by atoms with van der Waals surface area (Å²) in [6, 6.07) is 3.57. The third kappa shape index (κ3) is 11.3. The van der Waals surface area contributed by atoms with Gasteiger partial charge in [0.15, 0.2) is 5.17 Å². The molecule has 0 aliphatic carbocycles. The number of aliphatic carboxylic acids is 2. The maximum Gasteiger partial charge on any atom is 0.328 e. The average Bonchev–Trinajstić information content (AvgIpc) is 2.68. The number of carbonyl (C=O) groups is 2. The van der Waals surface area contributed by atoms with E-state index in [-0.39, 0.29) is 11.8 Å². The van der Waals surface area contributed by atoms with Crippen LogP contribution in [0.5, 0.6) is 0 Å². The number of hydrogen-bond donors (Lipinski definition) is 3. The first kappa shape index (κ1) is 23.5. The summed E-state index contributed by atoms with van der Waals surface area (Å²) in [6.45, 7) is 2.88. The number of halogens is 1. The lowest BCUT2D eigenvalue weighted by molar-refractivity contribution is -0.134. The molecular weight excluding hydrogens is 390 g/mol. The molecule has 0 aromatic carbocycles. The van der Waals surface area contributed by atoms with Crippen molar-refractivity contribution in [2.45, 2.75) is 25.4 Å². The summed E-state index contributed by atoms with van der Waals surface area (Å²) in [5.74, 6) is -2.51. The summed E-state index contributed by atoms with van der Waals surface area (Å²) in [5, 5.41) is 29.5. The molecule has 1 fully saturated rings. The number of β-amino-alcohol motifs (C(OH)–C–C–N with tert-alkyl or cyclic N) is 1. The van der Waals surface area contributed by atoms with E-state index in [9.17, 15) is 14.7 Å². The molecule has 0 spiro atoms. The lowest BCUT2D eigenvalue weighted by Gasteiger charge is -2.27. The van der Waals surface area contributed by atoms with Crippen molar-refractivity contribution in [3.05, 3.63) is 42.2 Å². The minimum Gasteiger partial charge on any atom is -0.478 e. The molecule has 1 aliphatic heterocycles. The fourth-order valence-electron chi connectivity index (χ4n) is 2.35. The van der Waals surface area contributed by atoms with Gasteiger partial charge in [-0.2, -0.15) is 0 Å². The van der Waals surface area contributed by atoms with Crippen LogP contribution in [0, 0.1) is 0 Å². The Morgan fingerprint density at radius 2 is 1.89 bits per heavy atom. The molecule has 1 unspecified atom stereocenters. The highest BCUT2D eigenvalue weighted by Crippen LogP contribution is 2.09. The van der Waals surface area contributed by atoms with E-state index in [2.05, 4.69) is 15.0 Å². The highest BCUT2D eigenvalue weighted by molar-refractivity contribution is 6.69. The summed E-state index contributed by atoms with van der Waals surface area (Å²) in [5.41, 5.74) is 0.694. The zero-order valence-electron chi connectivity index (χ0n) is 15.3. The fourth-order valence-corrected chi connectivity index (χ4v) is 2.51. The molecule has 1 saturated heterocycles. The number of aliphatic hydroxyl groups is 1. The summed E-state index contributed by atoms with van der Waals surface area (Å²) >= 11 is 5.97. The topological polar surface area (TPSA) is 133 Å². The molecular formula is C18H24ClN3O6. The van der Waals surface area contributed by atoms with Crippen molar-refractivity contribution in [3.8, 4) is 0 Å². The van der Waals surface area contributed by atoms with E-state index in [0.29, 0.717) is 24.3 Å². The van der Waals surface area contributed by atoms with Crippen LogP contribution in [-0.4, -0.2) is 74.7 Å². The van der Waals surface area contributed by atoms with Gasteiger partial charge in [-0.15, -0.1) is 0 Å². The number of carboxylic acids is 2. The van der Waals surface area contributed by atoms with Crippen LogP contribution >= 0.6 is 11.6 Å². The highest BCUT2D eigenvalue weighted by Gasteiger charge is 2.15. The number of pyridine rings is 1. The van der Waals surface area contributed by atoms with Crippen molar-refractivity contribution in [3.63, 3.8) is 0 Å². The third-order valence-electron chi connectivity index (χ3n) is 3.60. The molecule has 1 aliphatic rings. The SMILES string of the molecule is O=C(O)/C=C\C(=O)O.OC(CON=C(Cl)c1cccnc1)CN1CCCCC1. The standard InChI is InChI=1S/C14H20ClN3O2.C4H4O4/c15-14(12-5-4-6-16-9-12)17-20-11-13(19)10-18-7-2-1-3-8-18;5-3(6)1-2-4(7)8/h4-6,9,13,19H,1-3,7-8,10-11H2;1-2H,(H,5,6)(H,7,8)/b;2-1-. The van der Waals surface area contributed by atoms with Crippen LogP contribution in [0.4, 0.5) is 0 Å². The van der Waals surface area contributed by atoms with Gasteiger partial charge in [0.1, 0.15) is 12.7 Å². The zero-order valence-corrected chi connectivity index (χ0v) is 16.0. The Hall–Kier alpha value is -2.49. The third-order valence-corrected chi connectivity index (χ3v) is 3.88. The van der Waals surface area contributed by atoms with E-state index >= 15 is 0 Å². The first-order chi connectivity index (χ1) is 13.4. The van der Waals surface area contributed by atoms with E-state index < -0.39 is 18.0 Å². The van der Waals surface area contributed by atoms with Crippen molar-refractivity contribution in [1.29, 1.82) is 0 Å². The number of hydrogen-bond acceptors (Lipinski definition) is 7. The molecule has 28 heavy (non-hydrogen) atoms. The Labute approximate surface area is 167 Å². The zero-order chi connectivity index (χ0) is 20.8. The molecule has 1 aromatic heterocycles. The van der Waals surface area contributed by atoms with Crippen LogP contribution in [0.25, 0.3) is 0 Å². The Kier molecular flexibility index (Phi) is 11.5. The Morgan fingerprint density at radius 1 is 1.25 bits per heavy atom. The van der Waals surface area contributed by atoms with Gasteiger partial charge < -0.3 is 25.1 Å². The molecule has 10 heteroatoms. The van der Waals surface area contributed by atoms with Gasteiger partial charge in [0.2, 0.25) is 0 Å². The van der Waals surface area contributed by atoms with Gasteiger partial charge in [0.05, 0.1) is 0 Å². The normalized spacial score (nSPS) is 16.1.